The van der Waals surface area contributed by atoms with Crippen LogP contribution in [0.15, 0.2) is 12.1 Å². The van der Waals surface area contributed by atoms with E-state index < -0.39 is 11.9 Å². The van der Waals surface area contributed by atoms with Crippen LogP contribution in [0.25, 0.3) is 0 Å². The summed E-state index contributed by atoms with van der Waals surface area (Å²) in [6, 6.07) is 3.86. The van der Waals surface area contributed by atoms with Gasteiger partial charge in [0.1, 0.15) is 5.75 Å². The molecule has 0 aliphatic heterocycles. The van der Waals surface area contributed by atoms with Crippen molar-refractivity contribution in [1.82, 2.24) is 0 Å². The summed E-state index contributed by atoms with van der Waals surface area (Å²) in [5.41, 5.74) is 2.00. The van der Waals surface area contributed by atoms with Crippen molar-refractivity contribution in [1.29, 1.82) is 0 Å². The van der Waals surface area contributed by atoms with Gasteiger partial charge in [-0.25, -0.2) is 0 Å². The van der Waals surface area contributed by atoms with Crippen LogP contribution >= 0.6 is 0 Å². The third-order valence-corrected chi connectivity index (χ3v) is 6.30. The minimum atomic E-state index is -0.763. The van der Waals surface area contributed by atoms with Crippen LogP contribution in [0.5, 0.6) is 5.75 Å². The molecule has 0 saturated carbocycles. The molecule has 0 fully saturated rings. The van der Waals surface area contributed by atoms with Crippen LogP contribution in [0.1, 0.15) is 142 Å². The van der Waals surface area contributed by atoms with Crippen molar-refractivity contribution in [2.75, 3.05) is 0 Å². The van der Waals surface area contributed by atoms with Gasteiger partial charge in [-0.3, -0.25) is 4.79 Å². The van der Waals surface area contributed by atoms with Crippen LogP contribution in [0.4, 0.5) is 0 Å². The van der Waals surface area contributed by atoms with E-state index in [1.807, 2.05) is 12.1 Å². The van der Waals surface area contributed by atoms with Crippen LogP contribution in [0.2, 0.25) is 0 Å². The number of phenolic OH excluding ortho intramolecular Hbond substituents is 1. The van der Waals surface area contributed by atoms with Crippen molar-refractivity contribution >= 4 is 5.97 Å². The monoisotopic (exact) mass is 432 g/mol. The minimum absolute atomic E-state index is 0.250. The zero-order valence-electron chi connectivity index (χ0n) is 21.3. The summed E-state index contributed by atoms with van der Waals surface area (Å²) in [5, 5.41) is 20.9. The molecule has 0 heterocycles. The Morgan fingerprint density at radius 3 is 1.52 bits per heavy atom. The molecular formula is C28H48O3. The first kappa shape index (κ1) is 27.5. The van der Waals surface area contributed by atoms with E-state index in [9.17, 15) is 15.0 Å². The highest BCUT2D eigenvalue weighted by atomic mass is 16.4. The maximum absolute atomic E-state index is 12.1. The largest absolute Gasteiger partial charge is 0.507 e. The van der Waals surface area contributed by atoms with Crippen molar-refractivity contribution < 1.29 is 15.0 Å². The summed E-state index contributed by atoms with van der Waals surface area (Å²) < 4.78 is 0. The van der Waals surface area contributed by atoms with Gasteiger partial charge >= 0.3 is 5.97 Å². The van der Waals surface area contributed by atoms with Crippen molar-refractivity contribution in [3.8, 4) is 5.75 Å². The first-order chi connectivity index (χ1) is 14.4. The lowest BCUT2D eigenvalue weighted by Crippen LogP contribution is -2.20. The molecule has 1 unspecified atom stereocenters. The van der Waals surface area contributed by atoms with Gasteiger partial charge in [-0.15, -0.1) is 0 Å². The molecule has 1 rings (SSSR count). The van der Waals surface area contributed by atoms with Crippen LogP contribution in [-0.4, -0.2) is 16.2 Å². The number of aliphatic carboxylic acids is 1. The highest BCUT2D eigenvalue weighted by Crippen LogP contribution is 2.41. The highest BCUT2D eigenvalue weighted by Gasteiger charge is 2.29. The molecule has 1 atom stereocenters. The van der Waals surface area contributed by atoms with Crippen molar-refractivity contribution in [3.05, 3.63) is 28.8 Å². The van der Waals surface area contributed by atoms with Gasteiger partial charge in [0.2, 0.25) is 0 Å². The molecule has 0 aliphatic rings. The van der Waals surface area contributed by atoms with Gasteiger partial charge in [0.15, 0.2) is 0 Å². The molecule has 0 bridgehead atoms. The van der Waals surface area contributed by atoms with Gasteiger partial charge in [0, 0.05) is 0 Å². The molecule has 1 aromatic rings. The number of carbonyl (C=O) groups is 1. The Morgan fingerprint density at radius 2 is 1.16 bits per heavy atom. The van der Waals surface area contributed by atoms with Crippen LogP contribution < -0.4 is 0 Å². The second kappa shape index (κ2) is 12.5. The number of benzene rings is 1. The van der Waals surface area contributed by atoms with Gasteiger partial charge in [-0.2, -0.15) is 0 Å². The maximum atomic E-state index is 12.1. The Morgan fingerprint density at radius 1 is 0.774 bits per heavy atom. The Hall–Kier alpha value is -1.51. The number of carboxylic acid groups (broad SMARTS) is 1. The number of unbranched alkanes of at least 4 members (excludes halogenated alkanes) is 9. The Balaban J connectivity index is 2.79. The normalized spacial score (nSPS) is 13.4. The minimum Gasteiger partial charge on any atom is -0.507 e. The molecule has 0 aromatic heterocycles. The van der Waals surface area contributed by atoms with E-state index in [-0.39, 0.29) is 10.8 Å². The Labute approximate surface area is 191 Å². The summed E-state index contributed by atoms with van der Waals surface area (Å²) in [6.07, 6.45) is 13.1. The lowest BCUT2D eigenvalue weighted by Gasteiger charge is -2.29. The number of phenols is 1. The summed E-state index contributed by atoms with van der Waals surface area (Å²) in [7, 11) is 0. The number of hydrogen-bond acceptors (Lipinski definition) is 2. The number of rotatable bonds is 13. The number of hydrogen-bond donors (Lipinski definition) is 2. The summed E-state index contributed by atoms with van der Waals surface area (Å²) in [4.78, 5) is 12.1. The predicted molar refractivity (Wildman–Crippen MR) is 132 cm³/mol. The smallest absolute Gasteiger partial charge is 0.310 e. The first-order valence-corrected chi connectivity index (χ1v) is 12.5. The van der Waals surface area contributed by atoms with Crippen molar-refractivity contribution in [2.24, 2.45) is 0 Å². The fourth-order valence-electron chi connectivity index (χ4n) is 4.27. The lowest BCUT2D eigenvalue weighted by atomic mass is 9.76. The van der Waals surface area contributed by atoms with Gasteiger partial charge in [0.25, 0.3) is 0 Å². The average Bonchev–Trinajstić information content (AvgIpc) is 2.64. The summed E-state index contributed by atoms with van der Waals surface area (Å²) in [5.74, 6) is -0.968. The lowest BCUT2D eigenvalue weighted by molar-refractivity contribution is -0.139. The molecule has 3 nitrogen and oxygen atoms in total. The second-order valence-corrected chi connectivity index (χ2v) is 11.3. The predicted octanol–water partition coefficient (Wildman–Crippen LogP) is 8.47. The quantitative estimate of drug-likeness (QED) is 0.307. The van der Waals surface area contributed by atoms with Crippen LogP contribution in [-0.2, 0) is 15.6 Å². The third kappa shape index (κ3) is 9.25. The van der Waals surface area contributed by atoms with E-state index >= 15 is 0 Å². The Kier molecular flexibility index (Phi) is 11.1. The third-order valence-electron chi connectivity index (χ3n) is 6.30. The SMILES string of the molecule is CCCCCCCCCCCCC(C(=O)O)c1cc(C(C)(C)C)c(O)c(C(C)(C)C)c1. The standard InChI is InChI=1S/C28H48O3/c1-8-9-10-11-12-13-14-15-16-17-18-22(26(30)31)21-19-23(27(2,3)4)25(29)24(20-21)28(5,6)7/h19-20,22,29H,8-18H2,1-7H3,(H,30,31). The summed E-state index contributed by atoms with van der Waals surface area (Å²) >= 11 is 0. The molecular weight excluding hydrogens is 384 g/mol. The van der Waals surface area contributed by atoms with E-state index in [0.29, 0.717) is 12.2 Å². The van der Waals surface area contributed by atoms with Crippen LogP contribution in [0, 0.1) is 0 Å². The molecule has 0 aliphatic carbocycles. The van der Waals surface area contributed by atoms with Crippen molar-refractivity contribution in [2.45, 2.75) is 136 Å². The van der Waals surface area contributed by atoms with E-state index in [2.05, 4.69) is 48.5 Å². The molecule has 0 spiro atoms. The molecule has 0 radical (unpaired) electrons. The van der Waals surface area contributed by atoms with Gasteiger partial charge in [-0.1, -0.05) is 125 Å². The van der Waals surface area contributed by atoms with Crippen LogP contribution in [0.3, 0.4) is 0 Å². The molecule has 178 valence electrons. The zero-order chi connectivity index (χ0) is 23.7. The highest BCUT2D eigenvalue weighted by molar-refractivity contribution is 5.76. The molecule has 0 amide bonds. The fourth-order valence-corrected chi connectivity index (χ4v) is 4.27. The molecule has 3 heteroatoms. The first-order valence-electron chi connectivity index (χ1n) is 12.5. The summed E-state index contributed by atoms with van der Waals surface area (Å²) in [6.45, 7) is 14.6. The molecule has 0 saturated heterocycles. The average molecular weight is 433 g/mol. The van der Waals surface area contributed by atoms with E-state index in [1.165, 1.54) is 51.4 Å². The van der Waals surface area contributed by atoms with Gasteiger partial charge in [-0.05, 0) is 33.9 Å². The Bertz CT molecular complexity index is 641. The fraction of sp³-hybridized carbons (Fsp3) is 0.750. The number of carboxylic acids is 1. The van der Waals surface area contributed by atoms with E-state index in [0.717, 1.165) is 29.5 Å². The van der Waals surface area contributed by atoms with Gasteiger partial charge < -0.3 is 10.2 Å². The second-order valence-electron chi connectivity index (χ2n) is 11.3. The van der Waals surface area contributed by atoms with Crippen molar-refractivity contribution in [3.63, 3.8) is 0 Å². The molecule has 31 heavy (non-hydrogen) atoms. The topological polar surface area (TPSA) is 57.5 Å². The number of aromatic hydroxyl groups is 1. The molecule has 1 aromatic carbocycles. The van der Waals surface area contributed by atoms with Gasteiger partial charge in [0.05, 0.1) is 5.92 Å². The zero-order valence-corrected chi connectivity index (χ0v) is 21.3. The van der Waals surface area contributed by atoms with E-state index in [1.54, 1.807) is 0 Å². The maximum Gasteiger partial charge on any atom is 0.310 e. The van der Waals surface area contributed by atoms with E-state index in [4.69, 9.17) is 0 Å². The molecule has 2 N–H and O–H groups in total.